The highest BCUT2D eigenvalue weighted by molar-refractivity contribution is 5.68. The fourth-order valence-electron chi connectivity index (χ4n) is 3.77. The molecule has 1 aliphatic heterocycles. The van der Waals surface area contributed by atoms with E-state index in [4.69, 9.17) is 4.74 Å². The minimum Gasteiger partial charge on any atom is -0.444 e. The third kappa shape index (κ3) is 3.22. The lowest BCUT2D eigenvalue weighted by atomic mass is 9.96. The number of hydrogen-bond acceptors (Lipinski definition) is 2. The Bertz CT molecular complexity index is 492. The molecule has 2 atom stereocenters. The van der Waals surface area contributed by atoms with E-state index in [-0.39, 0.29) is 6.09 Å². The Balaban J connectivity index is 1.58. The zero-order chi connectivity index (χ0) is 15.0. The van der Waals surface area contributed by atoms with Gasteiger partial charge in [-0.15, -0.1) is 0 Å². The molecule has 1 saturated carbocycles. The second-order valence-electron chi connectivity index (χ2n) is 7.48. The molecule has 0 spiro atoms. The summed E-state index contributed by atoms with van der Waals surface area (Å²) in [5.41, 5.74) is 1.05. The van der Waals surface area contributed by atoms with E-state index in [9.17, 15) is 4.79 Å². The summed E-state index contributed by atoms with van der Waals surface area (Å²) in [7, 11) is 0. The van der Waals surface area contributed by atoms with Gasteiger partial charge in [0.05, 0.1) is 0 Å². The topological polar surface area (TPSA) is 29.5 Å². The maximum absolute atomic E-state index is 12.1. The van der Waals surface area contributed by atoms with Gasteiger partial charge in [0, 0.05) is 13.1 Å². The highest BCUT2D eigenvalue weighted by atomic mass is 16.6. The monoisotopic (exact) mass is 287 g/mol. The van der Waals surface area contributed by atoms with Gasteiger partial charge in [-0.05, 0) is 56.9 Å². The number of rotatable bonds is 1. The van der Waals surface area contributed by atoms with E-state index in [0.717, 1.165) is 13.1 Å². The largest absolute Gasteiger partial charge is 0.444 e. The van der Waals surface area contributed by atoms with Gasteiger partial charge in [-0.3, -0.25) is 0 Å². The van der Waals surface area contributed by atoms with Gasteiger partial charge in [0.25, 0.3) is 0 Å². The van der Waals surface area contributed by atoms with Crippen LogP contribution < -0.4 is 0 Å². The molecule has 1 heterocycles. The standard InChI is InChI=1S/C18H25NO2/c1-18(2,3)21-17(20)19-11-15-9-14(10-16(15)12-19)13-7-5-4-6-8-13/h4-8,14-16H,9-12H2,1-3H3. The van der Waals surface area contributed by atoms with Gasteiger partial charge < -0.3 is 9.64 Å². The first kappa shape index (κ1) is 14.4. The van der Waals surface area contributed by atoms with Crippen LogP contribution in [0.4, 0.5) is 4.79 Å². The maximum Gasteiger partial charge on any atom is 0.410 e. The van der Waals surface area contributed by atoms with Crippen molar-refractivity contribution in [3.05, 3.63) is 35.9 Å². The predicted molar refractivity (Wildman–Crippen MR) is 83.2 cm³/mol. The summed E-state index contributed by atoms with van der Waals surface area (Å²) < 4.78 is 5.49. The SMILES string of the molecule is CC(C)(C)OC(=O)N1CC2CC(c3ccccc3)CC2C1. The van der Waals surface area contributed by atoms with Crippen LogP contribution in [-0.4, -0.2) is 29.7 Å². The molecule has 0 radical (unpaired) electrons. The van der Waals surface area contributed by atoms with E-state index >= 15 is 0 Å². The van der Waals surface area contributed by atoms with Crippen molar-refractivity contribution < 1.29 is 9.53 Å². The average Bonchev–Trinajstić information content (AvgIpc) is 2.95. The van der Waals surface area contributed by atoms with Crippen LogP contribution in [0.1, 0.15) is 45.1 Å². The summed E-state index contributed by atoms with van der Waals surface area (Å²) in [5.74, 6) is 1.95. The highest BCUT2D eigenvalue weighted by Gasteiger charge is 2.43. The number of benzene rings is 1. The number of carbonyl (C=O) groups is 1. The van der Waals surface area contributed by atoms with Crippen LogP contribution in [0.5, 0.6) is 0 Å². The van der Waals surface area contributed by atoms with Crippen LogP contribution in [0.2, 0.25) is 0 Å². The quantitative estimate of drug-likeness (QED) is 0.780. The normalized spacial score (nSPS) is 28.5. The number of likely N-dealkylation sites (tertiary alicyclic amines) is 1. The second kappa shape index (κ2) is 5.36. The van der Waals surface area contributed by atoms with Crippen molar-refractivity contribution in [2.45, 2.75) is 45.1 Å². The van der Waals surface area contributed by atoms with E-state index < -0.39 is 5.60 Å². The van der Waals surface area contributed by atoms with E-state index in [1.165, 1.54) is 18.4 Å². The fourth-order valence-corrected chi connectivity index (χ4v) is 3.77. The van der Waals surface area contributed by atoms with Crippen LogP contribution in [-0.2, 0) is 4.74 Å². The minimum atomic E-state index is -0.401. The van der Waals surface area contributed by atoms with Crippen molar-refractivity contribution >= 4 is 6.09 Å². The summed E-state index contributed by atoms with van der Waals surface area (Å²) in [5, 5.41) is 0. The van der Waals surface area contributed by atoms with E-state index in [1.807, 2.05) is 25.7 Å². The molecule has 2 fully saturated rings. The minimum absolute atomic E-state index is 0.145. The van der Waals surface area contributed by atoms with Crippen LogP contribution in [0.3, 0.4) is 0 Å². The van der Waals surface area contributed by atoms with Crippen molar-refractivity contribution in [2.75, 3.05) is 13.1 Å². The fraction of sp³-hybridized carbons (Fsp3) is 0.611. The Kier molecular flexibility index (Phi) is 3.68. The molecule has 3 nitrogen and oxygen atoms in total. The summed E-state index contributed by atoms with van der Waals surface area (Å²) in [6.07, 6.45) is 2.26. The first-order valence-electron chi connectivity index (χ1n) is 7.95. The van der Waals surface area contributed by atoms with Gasteiger partial charge in [-0.25, -0.2) is 4.79 Å². The zero-order valence-electron chi connectivity index (χ0n) is 13.2. The highest BCUT2D eigenvalue weighted by Crippen LogP contribution is 2.46. The second-order valence-corrected chi connectivity index (χ2v) is 7.48. The molecule has 114 valence electrons. The lowest BCUT2D eigenvalue weighted by Gasteiger charge is -2.25. The summed E-state index contributed by atoms with van der Waals surface area (Å²) in [4.78, 5) is 14.1. The van der Waals surface area contributed by atoms with Crippen LogP contribution in [0, 0.1) is 11.8 Å². The van der Waals surface area contributed by atoms with Gasteiger partial charge in [-0.2, -0.15) is 0 Å². The van der Waals surface area contributed by atoms with Crippen LogP contribution >= 0.6 is 0 Å². The molecule has 0 bridgehead atoms. The number of ether oxygens (including phenoxy) is 1. The van der Waals surface area contributed by atoms with Gasteiger partial charge in [0.1, 0.15) is 5.60 Å². The lowest BCUT2D eigenvalue weighted by molar-refractivity contribution is 0.0279. The Labute approximate surface area is 127 Å². The Morgan fingerprint density at radius 1 is 1.10 bits per heavy atom. The van der Waals surface area contributed by atoms with E-state index in [1.54, 1.807) is 0 Å². The van der Waals surface area contributed by atoms with Gasteiger partial charge >= 0.3 is 6.09 Å². The number of nitrogens with zero attached hydrogens (tertiary/aromatic N) is 1. The van der Waals surface area contributed by atoms with Gasteiger partial charge in [-0.1, -0.05) is 30.3 Å². The van der Waals surface area contributed by atoms with Crippen molar-refractivity contribution in [3.63, 3.8) is 0 Å². The molecule has 2 aliphatic rings. The molecule has 0 aromatic heterocycles. The molecular weight excluding hydrogens is 262 g/mol. The Morgan fingerprint density at radius 2 is 1.67 bits per heavy atom. The molecule has 1 amide bonds. The Hall–Kier alpha value is -1.51. The maximum atomic E-state index is 12.1. The van der Waals surface area contributed by atoms with Crippen molar-refractivity contribution in [1.82, 2.24) is 4.90 Å². The molecular formula is C18H25NO2. The lowest BCUT2D eigenvalue weighted by Crippen LogP contribution is -2.36. The smallest absolute Gasteiger partial charge is 0.410 e. The first-order valence-corrected chi connectivity index (χ1v) is 7.95. The summed E-state index contributed by atoms with van der Waals surface area (Å²) in [6.45, 7) is 7.50. The first-order chi connectivity index (χ1) is 9.92. The van der Waals surface area contributed by atoms with Gasteiger partial charge in [0.2, 0.25) is 0 Å². The van der Waals surface area contributed by atoms with Crippen molar-refractivity contribution in [3.8, 4) is 0 Å². The van der Waals surface area contributed by atoms with E-state index in [2.05, 4.69) is 30.3 Å². The molecule has 3 heteroatoms. The molecule has 1 aromatic carbocycles. The zero-order valence-corrected chi connectivity index (χ0v) is 13.2. The number of fused-ring (bicyclic) bond motifs is 1. The molecule has 21 heavy (non-hydrogen) atoms. The number of amides is 1. The van der Waals surface area contributed by atoms with Crippen LogP contribution in [0.25, 0.3) is 0 Å². The number of hydrogen-bond donors (Lipinski definition) is 0. The predicted octanol–water partition coefficient (Wildman–Crippen LogP) is 4.05. The van der Waals surface area contributed by atoms with E-state index in [0.29, 0.717) is 17.8 Å². The molecule has 3 rings (SSSR count). The van der Waals surface area contributed by atoms with Crippen molar-refractivity contribution in [2.24, 2.45) is 11.8 Å². The summed E-state index contributed by atoms with van der Waals surface area (Å²) >= 11 is 0. The molecule has 2 unspecified atom stereocenters. The van der Waals surface area contributed by atoms with Crippen molar-refractivity contribution in [1.29, 1.82) is 0 Å². The molecule has 1 aromatic rings. The third-order valence-corrected chi connectivity index (χ3v) is 4.67. The number of carbonyl (C=O) groups excluding carboxylic acids is 1. The average molecular weight is 287 g/mol. The Morgan fingerprint density at radius 3 is 2.19 bits per heavy atom. The van der Waals surface area contributed by atoms with Gasteiger partial charge in [0.15, 0.2) is 0 Å². The van der Waals surface area contributed by atoms with Crippen LogP contribution in [0.15, 0.2) is 30.3 Å². The third-order valence-electron chi connectivity index (χ3n) is 4.67. The molecule has 1 saturated heterocycles. The summed E-state index contributed by atoms with van der Waals surface area (Å²) in [6, 6.07) is 10.8. The molecule has 0 N–H and O–H groups in total. The molecule has 1 aliphatic carbocycles.